The van der Waals surface area contributed by atoms with Crippen LogP contribution >= 0.6 is 11.6 Å². The highest BCUT2D eigenvalue weighted by molar-refractivity contribution is 7.92. The fourth-order valence-electron chi connectivity index (χ4n) is 3.00. The molecule has 1 aromatic heterocycles. The van der Waals surface area contributed by atoms with Crippen LogP contribution in [0.3, 0.4) is 0 Å². The number of rotatable bonds is 4. The Morgan fingerprint density at radius 3 is 2.42 bits per heavy atom. The number of aromatic amines is 1. The van der Waals surface area contributed by atoms with E-state index in [1.54, 1.807) is 18.3 Å². The largest absolute Gasteiger partial charge is 0.366 e. The van der Waals surface area contributed by atoms with Crippen molar-refractivity contribution in [3.8, 4) is 11.1 Å². The Morgan fingerprint density at radius 1 is 0.962 bits per heavy atom. The summed E-state index contributed by atoms with van der Waals surface area (Å²) >= 11 is 5.91. The van der Waals surface area contributed by atoms with Crippen molar-refractivity contribution in [2.45, 2.75) is 16.7 Å². The summed E-state index contributed by atoms with van der Waals surface area (Å²) in [6.07, 6.45) is 3.53. The normalized spacial score (nSPS) is 17.0. The van der Waals surface area contributed by atoms with Crippen molar-refractivity contribution in [2.24, 2.45) is 5.10 Å². The lowest BCUT2D eigenvalue weighted by atomic mass is 10.1. The van der Waals surface area contributed by atoms with Crippen LogP contribution in [0.1, 0.15) is 12.0 Å². The van der Waals surface area contributed by atoms with Gasteiger partial charge in [-0.15, -0.1) is 0 Å². The van der Waals surface area contributed by atoms with E-state index in [2.05, 4.69) is 15.5 Å². The van der Waals surface area contributed by atoms with Crippen molar-refractivity contribution in [3.05, 3.63) is 77.6 Å². The number of halogens is 1. The monoisotopic (exact) mass is 385 g/mol. The van der Waals surface area contributed by atoms with E-state index in [0.717, 1.165) is 11.1 Å². The van der Waals surface area contributed by atoms with Crippen molar-refractivity contribution < 1.29 is 8.42 Å². The zero-order chi connectivity index (χ0) is 18.1. The third-order valence-corrected chi connectivity index (χ3v) is 6.60. The molecule has 1 aliphatic rings. The number of aromatic nitrogens is 1. The second-order valence-electron chi connectivity index (χ2n) is 6.03. The van der Waals surface area contributed by atoms with E-state index < -0.39 is 15.2 Å². The molecule has 1 aliphatic heterocycles. The maximum Gasteiger partial charge on any atom is 0.203 e. The summed E-state index contributed by atoms with van der Waals surface area (Å²) in [6.45, 7) is 0. The summed E-state index contributed by atoms with van der Waals surface area (Å²) in [5, 5.41) is 4.06. The highest BCUT2D eigenvalue weighted by Crippen LogP contribution is 2.31. The Morgan fingerprint density at radius 2 is 1.69 bits per heavy atom. The Kier molecular flexibility index (Phi) is 4.30. The SMILES string of the molecule is O=S(=O)(c1c[nH]cc1-c1ccccc1)[C@H]1CC(c2ccc(Cl)cc2)=NN1. The molecule has 132 valence electrons. The highest BCUT2D eigenvalue weighted by Gasteiger charge is 2.34. The fraction of sp³-hybridized carbons (Fsp3) is 0.105. The third-order valence-electron chi connectivity index (χ3n) is 4.37. The number of nitrogens with zero attached hydrogens (tertiary/aromatic N) is 1. The number of H-pyrrole nitrogens is 1. The number of hydrogen-bond donors (Lipinski definition) is 2. The minimum atomic E-state index is -3.61. The summed E-state index contributed by atoms with van der Waals surface area (Å²) in [5.41, 5.74) is 5.85. The van der Waals surface area contributed by atoms with Gasteiger partial charge in [0.2, 0.25) is 9.84 Å². The van der Waals surface area contributed by atoms with E-state index in [1.165, 1.54) is 6.20 Å². The molecule has 26 heavy (non-hydrogen) atoms. The first-order valence-electron chi connectivity index (χ1n) is 8.10. The first-order chi connectivity index (χ1) is 12.6. The van der Waals surface area contributed by atoms with Crippen molar-refractivity contribution in [1.29, 1.82) is 0 Å². The van der Waals surface area contributed by atoms with Gasteiger partial charge in [0.15, 0.2) is 5.37 Å². The van der Waals surface area contributed by atoms with E-state index in [9.17, 15) is 8.42 Å². The minimum absolute atomic E-state index is 0.272. The molecule has 2 heterocycles. The zero-order valence-electron chi connectivity index (χ0n) is 13.7. The van der Waals surface area contributed by atoms with Crippen LogP contribution in [0, 0.1) is 0 Å². The number of benzene rings is 2. The lowest BCUT2D eigenvalue weighted by molar-refractivity contribution is 0.568. The smallest absolute Gasteiger partial charge is 0.203 e. The maximum atomic E-state index is 13.1. The topological polar surface area (TPSA) is 74.3 Å². The molecule has 0 bridgehead atoms. The Bertz CT molecular complexity index is 1060. The van der Waals surface area contributed by atoms with Crippen LogP contribution in [0.25, 0.3) is 11.1 Å². The molecular weight excluding hydrogens is 370 g/mol. The molecule has 2 aromatic carbocycles. The highest BCUT2D eigenvalue weighted by atomic mass is 35.5. The standard InChI is InChI=1S/C19H16ClN3O2S/c20-15-8-6-14(7-9-15)17-10-19(23-22-17)26(24,25)18-12-21-11-16(18)13-4-2-1-3-5-13/h1-9,11-12,19,21,23H,10H2/t19-/m0/s1. The molecule has 0 saturated carbocycles. The van der Waals surface area contributed by atoms with Gasteiger partial charge in [-0.3, -0.25) is 5.43 Å². The van der Waals surface area contributed by atoms with Gasteiger partial charge in [-0.25, -0.2) is 8.42 Å². The van der Waals surface area contributed by atoms with Crippen LogP contribution in [0.15, 0.2) is 77.0 Å². The zero-order valence-corrected chi connectivity index (χ0v) is 15.3. The van der Waals surface area contributed by atoms with Crippen LogP contribution in [0.2, 0.25) is 5.02 Å². The van der Waals surface area contributed by atoms with Gasteiger partial charge in [-0.2, -0.15) is 5.10 Å². The van der Waals surface area contributed by atoms with E-state index in [0.29, 0.717) is 22.7 Å². The van der Waals surface area contributed by atoms with E-state index in [-0.39, 0.29) is 4.90 Å². The Labute approximate surface area is 156 Å². The van der Waals surface area contributed by atoms with Gasteiger partial charge in [0, 0.05) is 29.4 Å². The van der Waals surface area contributed by atoms with Gasteiger partial charge in [-0.1, -0.05) is 54.1 Å². The molecule has 3 aromatic rings. The quantitative estimate of drug-likeness (QED) is 0.716. The molecule has 0 fully saturated rings. The molecule has 0 radical (unpaired) electrons. The molecule has 0 saturated heterocycles. The first-order valence-corrected chi connectivity index (χ1v) is 10.0. The van der Waals surface area contributed by atoms with E-state index in [1.807, 2.05) is 42.5 Å². The van der Waals surface area contributed by atoms with Crippen LogP contribution in [0.4, 0.5) is 0 Å². The van der Waals surface area contributed by atoms with Gasteiger partial charge in [0.1, 0.15) is 0 Å². The second kappa shape index (κ2) is 6.63. The summed E-state index contributed by atoms with van der Waals surface area (Å²) in [6, 6.07) is 16.6. The van der Waals surface area contributed by atoms with Crippen molar-refractivity contribution in [1.82, 2.24) is 10.4 Å². The Balaban J connectivity index is 1.62. The molecule has 0 spiro atoms. The second-order valence-corrected chi connectivity index (χ2v) is 8.57. The molecule has 0 amide bonds. The summed E-state index contributed by atoms with van der Waals surface area (Å²) in [7, 11) is -3.61. The van der Waals surface area contributed by atoms with Crippen LogP contribution in [0.5, 0.6) is 0 Å². The molecule has 4 rings (SSSR count). The van der Waals surface area contributed by atoms with Gasteiger partial charge in [0.05, 0.1) is 10.6 Å². The number of hydrazone groups is 1. The fourth-order valence-corrected chi connectivity index (χ4v) is 4.72. The molecule has 0 unspecified atom stereocenters. The van der Waals surface area contributed by atoms with Crippen LogP contribution < -0.4 is 5.43 Å². The average Bonchev–Trinajstić information content (AvgIpc) is 3.33. The van der Waals surface area contributed by atoms with Crippen molar-refractivity contribution >= 4 is 27.1 Å². The summed E-state index contributed by atoms with van der Waals surface area (Å²) in [5.74, 6) is 0. The van der Waals surface area contributed by atoms with Crippen molar-refractivity contribution in [2.75, 3.05) is 0 Å². The number of sulfone groups is 1. The van der Waals surface area contributed by atoms with Crippen LogP contribution in [-0.4, -0.2) is 24.5 Å². The lowest BCUT2D eigenvalue weighted by Crippen LogP contribution is -2.30. The van der Waals surface area contributed by atoms with Crippen molar-refractivity contribution in [3.63, 3.8) is 0 Å². The molecule has 5 nitrogen and oxygen atoms in total. The number of nitrogens with one attached hydrogen (secondary N) is 2. The Hall–Kier alpha value is -2.57. The maximum absolute atomic E-state index is 13.1. The van der Waals surface area contributed by atoms with Gasteiger partial charge >= 0.3 is 0 Å². The van der Waals surface area contributed by atoms with Gasteiger partial charge in [-0.05, 0) is 23.3 Å². The molecular formula is C19H16ClN3O2S. The third kappa shape index (κ3) is 3.02. The van der Waals surface area contributed by atoms with Gasteiger partial charge in [0.25, 0.3) is 0 Å². The molecule has 7 heteroatoms. The first kappa shape index (κ1) is 16.9. The minimum Gasteiger partial charge on any atom is -0.366 e. The van der Waals surface area contributed by atoms with Gasteiger partial charge < -0.3 is 4.98 Å². The average molecular weight is 386 g/mol. The molecule has 0 aliphatic carbocycles. The lowest BCUT2D eigenvalue weighted by Gasteiger charge is -2.12. The van der Waals surface area contributed by atoms with Crippen LogP contribution in [-0.2, 0) is 9.84 Å². The number of hydrogen-bond acceptors (Lipinski definition) is 4. The van der Waals surface area contributed by atoms with E-state index in [4.69, 9.17) is 11.6 Å². The van der Waals surface area contributed by atoms with E-state index >= 15 is 0 Å². The molecule has 2 N–H and O–H groups in total. The predicted molar refractivity (Wildman–Crippen MR) is 103 cm³/mol. The predicted octanol–water partition coefficient (Wildman–Crippen LogP) is 3.83. The molecule has 1 atom stereocenters. The summed E-state index contributed by atoms with van der Waals surface area (Å²) in [4.78, 5) is 3.19. The summed E-state index contributed by atoms with van der Waals surface area (Å²) < 4.78 is 26.3.